The van der Waals surface area contributed by atoms with Crippen LogP contribution in [0.3, 0.4) is 0 Å². The van der Waals surface area contributed by atoms with E-state index in [-0.39, 0.29) is 17.0 Å². The topological polar surface area (TPSA) is 78.3 Å². The summed E-state index contributed by atoms with van der Waals surface area (Å²) in [5, 5.41) is 11.3. The van der Waals surface area contributed by atoms with E-state index in [4.69, 9.17) is 9.47 Å². The highest BCUT2D eigenvalue weighted by Gasteiger charge is 2.21. The first-order valence-electron chi connectivity index (χ1n) is 10.9. The number of hydrogen-bond donors (Lipinski definition) is 1. The minimum absolute atomic E-state index is 0.0607. The van der Waals surface area contributed by atoms with Crippen molar-refractivity contribution in [3.8, 4) is 17.2 Å². The van der Waals surface area contributed by atoms with Gasteiger partial charge < -0.3 is 14.8 Å². The summed E-state index contributed by atoms with van der Waals surface area (Å²) in [7, 11) is 1.62. The third-order valence-corrected chi connectivity index (χ3v) is 5.28. The largest absolute Gasteiger partial charge is 0.497 e. The predicted molar refractivity (Wildman–Crippen MR) is 126 cm³/mol. The molecule has 170 valence electrons. The molecule has 0 bridgehead atoms. The van der Waals surface area contributed by atoms with Crippen LogP contribution in [0.2, 0.25) is 0 Å². The molecule has 1 aromatic heterocycles. The number of anilines is 1. The molecule has 0 unspecified atom stereocenters. The molecule has 7 nitrogen and oxygen atoms in total. The number of rotatable bonds is 8. The molecule has 0 aliphatic heterocycles. The van der Waals surface area contributed by atoms with Crippen LogP contribution in [0.1, 0.15) is 62.3 Å². The number of ether oxygens (including phenoxy) is 2. The smallest absolute Gasteiger partial charge is 0.278 e. The lowest BCUT2D eigenvalue weighted by molar-refractivity contribution is 0.102. The van der Waals surface area contributed by atoms with Crippen molar-refractivity contribution in [2.45, 2.75) is 52.9 Å². The van der Waals surface area contributed by atoms with E-state index >= 15 is 0 Å². The number of unbranched alkanes of at least 4 members (excludes halogenated alkanes) is 1. The number of nitrogens with one attached hydrogen (secondary N) is 1. The van der Waals surface area contributed by atoms with Gasteiger partial charge in [0.25, 0.3) is 5.91 Å². The summed E-state index contributed by atoms with van der Waals surface area (Å²) in [6.07, 6.45) is 1.99. The molecule has 3 rings (SSSR count). The number of methoxy groups -OCH3 is 1. The molecule has 3 aromatic rings. The van der Waals surface area contributed by atoms with Crippen molar-refractivity contribution < 1.29 is 14.3 Å². The molecule has 0 fully saturated rings. The molecular formula is C25H32N4O3. The van der Waals surface area contributed by atoms with Crippen molar-refractivity contribution in [1.29, 1.82) is 0 Å². The van der Waals surface area contributed by atoms with Crippen LogP contribution in [0.25, 0.3) is 5.69 Å². The van der Waals surface area contributed by atoms with Gasteiger partial charge in [-0.25, -0.2) is 4.68 Å². The van der Waals surface area contributed by atoms with E-state index in [0.29, 0.717) is 23.7 Å². The van der Waals surface area contributed by atoms with Crippen LogP contribution in [0, 0.1) is 6.92 Å². The molecule has 0 saturated carbocycles. The highest BCUT2D eigenvalue weighted by Crippen LogP contribution is 2.32. The predicted octanol–water partition coefficient (Wildman–Crippen LogP) is 5.31. The molecule has 0 saturated heterocycles. The Balaban J connectivity index is 1.88. The molecule has 0 aliphatic rings. The van der Waals surface area contributed by atoms with Gasteiger partial charge in [-0.2, -0.15) is 0 Å². The SMILES string of the molecule is CCCCOc1ccc(C(C)(C)C)cc1NC(=O)c1nnn(-c2ccc(OC)cc2)c1C. The standard InChI is InChI=1S/C25H32N4O3/c1-7-8-15-32-22-14-9-18(25(3,4)5)16-21(22)26-24(30)23-17(2)29(28-27-23)19-10-12-20(31-6)13-11-19/h9-14,16H,7-8,15H2,1-6H3,(H,26,30). The molecule has 1 heterocycles. The zero-order valence-corrected chi connectivity index (χ0v) is 19.7. The quantitative estimate of drug-likeness (QED) is 0.484. The van der Waals surface area contributed by atoms with E-state index in [0.717, 1.165) is 29.8 Å². The maximum absolute atomic E-state index is 13.1. The van der Waals surface area contributed by atoms with E-state index in [1.54, 1.807) is 11.8 Å². The fourth-order valence-electron chi connectivity index (χ4n) is 3.24. The lowest BCUT2D eigenvalue weighted by atomic mass is 9.87. The van der Waals surface area contributed by atoms with Crippen molar-refractivity contribution in [2.75, 3.05) is 19.0 Å². The Hall–Kier alpha value is -3.35. The molecule has 2 aromatic carbocycles. The van der Waals surface area contributed by atoms with Crippen molar-refractivity contribution in [3.05, 3.63) is 59.4 Å². The second-order valence-corrected chi connectivity index (χ2v) is 8.75. The van der Waals surface area contributed by atoms with Crippen molar-refractivity contribution >= 4 is 11.6 Å². The van der Waals surface area contributed by atoms with Gasteiger partial charge in [-0.1, -0.05) is 45.4 Å². The van der Waals surface area contributed by atoms with Crippen molar-refractivity contribution in [1.82, 2.24) is 15.0 Å². The Bertz CT molecular complexity index is 1070. The Kier molecular flexibility index (Phi) is 7.18. The maximum Gasteiger partial charge on any atom is 0.278 e. The van der Waals surface area contributed by atoms with Gasteiger partial charge in [0.05, 0.1) is 30.8 Å². The van der Waals surface area contributed by atoms with Crippen LogP contribution in [0.15, 0.2) is 42.5 Å². The second-order valence-electron chi connectivity index (χ2n) is 8.75. The lowest BCUT2D eigenvalue weighted by Crippen LogP contribution is -2.17. The van der Waals surface area contributed by atoms with Gasteiger partial charge >= 0.3 is 0 Å². The number of aromatic nitrogens is 3. The number of carbonyl (C=O) groups excluding carboxylic acids is 1. The molecule has 1 amide bonds. The van der Waals surface area contributed by atoms with E-state index < -0.39 is 0 Å². The first-order valence-corrected chi connectivity index (χ1v) is 10.9. The zero-order chi connectivity index (χ0) is 23.3. The molecular weight excluding hydrogens is 404 g/mol. The normalized spacial score (nSPS) is 11.3. The van der Waals surface area contributed by atoms with E-state index in [1.165, 1.54) is 0 Å². The third-order valence-electron chi connectivity index (χ3n) is 5.28. The minimum Gasteiger partial charge on any atom is -0.497 e. The number of benzene rings is 2. The molecule has 0 spiro atoms. The lowest BCUT2D eigenvalue weighted by Gasteiger charge is -2.21. The first kappa shape index (κ1) is 23.3. The van der Waals surface area contributed by atoms with Crippen LogP contribution in [-0.2, 0) is 5.41 Å². The third kappa shape index (κ3) is 5.28. The maximum atomic E-state index is 13.1. The van der Waals surface area contributed by atoms with Gasteiger partial charge in [-0.05, 0) is 60.7 Å². The van der Waals surface area contributed by atoms with E-state index in [2.05, 4.69) is 43.3 Å². The van der Waals surface area contributed by atoms with Gasteiger partial charge in [0.2, 0.25) is 0 Å². The molecule has 0 radical (unpaired) electrons. The number of hydrogen-bond acceptors (Lipinski definition) is 5. The Morgan fingerprint density at radius 2 is 1.84 bits per heavy atom. The summed E-state index contributed by atoms with van der Waals surface area (Å²) in [4.78, 5) is 13.1. The Labute approximate surface area is 189 Å². The van der Waals surface area contributed by atoms with Crippen LogP contribution in [-0.4, -0.2) is 34.6 Å². The van der Waals surface area contributed by atoms with Crippen molar-refractivity contribution in [3.63, 3.8) is 0 Å². The van der Waals surface area contributed by atoms with Gasteiger partial charge in [0.15, 0.2) is 5.69 Å². The number of amides is 1. The molecule has 32 heavy (non-hydrogen) atoms. The Morgan fingerprint density at radius 1 is 1.12 bits per heavy atom. The van der Waals surface area contributed by atoms with Gasteiger partial charge in [-0.15, -0.1) is 5.10 Å². The van der Waals surface area contributed by atoms with E-state index in [9.17, 15) is 4.79 Å². The molecule has 1 N–H and O–H groups in total. The number of carbonyl (C=O) groups is 1. The summed E-state index contributed by atoms with van der Waals surface area (Å²) in [6, 6.07) is 13.4. The highest BCUT2D eigenvalue weighted by molar-refractivity contribution is 6.04. The fourth-order valence-corrected chi connectivity index (χ4v) is 3.24. The van der Waals surface area contributed by atoms with Crippen molar-refractivity contribution in [2.24, 2.45) is 0 Å². The molecule has 0 atom stereocenters. The van der Waals surface area contributed by atoms with Crippen LogP contribution >= 0.6 is 0 Å². The van der Waals surface area contributed by atoms with Crippen LogP contribution in [0.4, 0.5) is 5.69 Å². The summed E-state index contributed by atoms with van der Waals surface area (Å²) in [5.41, 5.74) is 3.39. The number of nitrogens with zero attached hydrogens (tertiary/aromatic N) is 3. The minimum atomic E-state index is -0.325. The zero-order valence-electron chi connectivity index (χ0n) is 19.7. The summed E-state index contributed by atoms with van der Waals surface area (Å²) in [6.45, 7) is 10.9. The fraction of sp³-hybridized carbons (Fsp3) is 0.400. The summed E-state index contributed by atoms with van der Waals surface area (Å²) in [5.74, 6) is 1.08. The average molecular weight is 437 g/mol. The first-order chi connectivity index (χ1) is 15.2. The molecule has 7 heteroatoms. The van der Waals surface area contributed by atoms with Gasteiger partial charge in [-0.3, -0.25) is 4.79 Å². The monoisotopic (exact) mass is 436 g/mol. The van der Waals surface area contributed by atoms with E-state index in [1.807, 2.05) is 49.4 Å². The highest BCUT2D eigenvalue weighted by atomic mass is 16.5. The Morgan fingerprint density at radius 3 is 2.47 bits per heavy atom. The van der Waals surface area contributed by atoms with Crippen LogP contribution in [0.5, 0.6) is 11.5 Å². The molecule has 0 aliphatic carbocycles. The van der Waals surface area contributed by atoms with Gasteiger partial charge in [0.1, 0.15) is 11.5 Å². The average Bonchev–Trinajstić information content (AvgIpc) is 3.15. The van der Waals surface area contributed by atoms with Gasteiger partial charge in [0, 0.05) is 0 Å². The summed E-state index contributed by atoms with van der Waals surface area (Å²) < 4.78 is 12.8. The summed E-state index contributed by atoms with van der Waals surface area (Å²) >= 11 is 0. The van der Waals surface area contributed by atoms with Crippen LogP contribution < -0.4 is 14.8 Å². The second kappa shape index (κ2) is 9.85.